The quantitative estimate of drug-likeness (QED) is 0.170. The van der Waals surface area contributed by atoms with E-state index in [1.807, 2.05) is 36.4 Å². The van der Waals surface area contributed by atoms with Gasteiger partial charge in [-0.25, -0.2) is 19.9 Å². The molecule has 4 heterocycles. The zero-order valence-electron chi connectivity index (χ0n) is 29.9. The summed E-state index contributed by atoms with van der Waals surface area (Å²) < 4.78 is 8.70. The molecule has 56 heavy (non-hydrogen) atoms. The minimum atomic E-state index is 0.604. The normalized spacial score (nSPS) is 11.6. The molecule has 262 valence electrons. The Labute approximate surface area is 326 Å². The molecule has 7 aromatic carbocycles. The van der Waals surface area contributed by atoms with Crippen molar-refractivity contribution in [2.75, 3.05) is 0 Å². The van der Waals surface area contributed by atoms with Gasteiger partial charge in [-0.2, -0.15) is 0 Å². The molecule has 0 fully saturated rings. The Kier molecular flexibility index (Phi) is 7.60. The lowest BCUT2D eigenvalue weighted by molar-refractivity contribution is 0.667. The lowest BCUT2D eigenvalue weighted by Crippen LogP contribution is -1.96. The van der Waals surface area contributed by atoms with Crippen molar-refractivity contribution in [1.82, 2.24) is 19.9 Å². The van der Waals surface area contributed by atoms with Crippen molar-refractivity contribution >= 4 is 53.7 Å². The van der Waals surface area contributed by atoms with Gasteiger partial charge in [0, 0.05) is 37.7 Å². The van der Waals surface area contributed by atoms with E-state index in [0.717, 1.165) is 82.4 Å². The summed E-state index contributed by atoms with van der Waals surface area (Å²) >= 11 is 1.74. The average Bonchev–Trinajstić information content (AvgIpc) is 3.85. The van der Waals surface area contributed by atoms with Crippen molar-refractivity contribution in [3.63, 3.8) is 0 Å². The zero-order chi connectivity index (χ0) is 37.0. The minimum Gasteiger partial charge on any atom is -0.452 e. The molecular weight excluding hydrogens is 705 g/mol. The molecule has 0 aliphatic rings. The van der Waals surface area contributed by atoms with E-state index in [9.17, 15) is 0 Å². The first-order chi connectivity index (χ1) is 27.7. The highest BCUT2D eigenvalue weighted by Crippen LogP contribution is 2.41. The highest BCUT2D eigenvalue weighted by Gasteiger charge is 2.20. The second-order valence-corrected chi connectivity index (χ2v) is 14.9. The Bertz CT molecular complexity index is 3010. The predicted molar refractivity (Wildman–Crippen MR) is 230 cm³/mol. The molecule has 0 N–H and O–H groups in total. The van der Waals surface area contributed by atoms with Crippen LogP contribution in [0.15, 0.2) is 186 Å². The molecule has 0 unspecified atom stereocenters. The lowest BCUT2D eigenvalue weighted by Gasteiger charge is -2.10. The summed E-state index contributed by atoms with van der Waals surface area (Å²) in [6, 6.07) is 62.8. The highest BCUT2D eigenvalue weighted by atomic mass is 32.1. The van der Waals surface area contributed by atoms with Crippen LogP contribution in [0.25, 0.3) is 110 Å². The summed E-state index contributed by atoms with van der Waals surface area (Å²) in [5.41, 5.74) is 13.2. The summed E-state index contributed by atoms with van der Waals surface area (Å²) in [7, 11) is 0. The van der Waals surface area contributed by atoms with Gasteiger partial charge >= 0.3 is 0 Å². The van der Waals surface area contributed by atoms with Crippen LogP contribution >= 0.6 is 11.3 Å². The van der Waals surface area contributed by atoms with E-state index in [4.69, 9.17) is 24.4 Å². The summed E-state index contributed by atoms with van der Waals surface area (Å²) in [5, 5.41) is 2.07. The Morgan fingerprint density at radius 2 is 0.839 bits per heavy atom. The molecular formula is C50H30N4OS. The molecule has 0 saturated carbocycles. The second kappa shape index (κ2) is 13.2. The smallest absolute Gasteiger partial charge is 0.180 e. The van der Waals surface area contributed by atoms with Gasteiger partial charge in [0.25, 0.3) is 0 Å². The highest BCUT2D eigenvalue weighted by molar-refractivity contribution is 7.26. The summed E-state index contributed by atoms with van der Waals surface area (Å²) in [6.45, 7) is 0. The molecule has 0 atom stereocenters. The molecule has 0 bridgehead atoms. The van der Waals surface area contributed by atoms with Crippen LogP contribution in [0.2, 0.25) is 0 Å². The van der Waals surface area contributed by atoms with E-state index in [2.05, 4.69) is 146 Å². The maximum Gasteiger partial charge on any atom is 0.180 e. The van der Waals surface area contributed by atoms with E-state index in [0.29, 0.717) is 17.2 Å². The molecule has 5 nitrogen and oxygen atoms in total. The molecule has 11 aromatic rings. The number of rotatable bonds is 6. The van der Waals surface area contributed by atoms with Crippen molar-refractivity contribution in [2.24, 2.45) is 0 Å². The van der Waals surface area contributed by atoms with Crippen LogP contribution in [0, 0.1) is 0 Å². The maximum absolute atomic E-state index is 6.45. The van der Waals surface area contributed by atoms with Crippen LogP contribution in [-0.2, 0) is 0 Å². The largest absolute Gasteiger partial charge is 0.452 e. The van der Waals surface area contributed by atoms with Gasteiger partial charge in [-0.15, -0.1) is 11.3 Å². The summed E-state index contributed by atoms with van der Waals surface area (Å²) in [4.78, 5) is 20.9. The Hall–Kier alpha value is -7.28. The predicted octanol–water partition coefficient (Wildman–Crippen LogP) is 13.5. The number of furan rings is 1. The first-order valence-corrected chi connectivity index (χ1v) is 19.4. The molecule has 0 amide bonds. The number of thiophene rings is 1. The number of nitrogens with zero attached hydrogens (tertiary/aromatic N) is 4. The Morgan fingerprint density at radius 1 is 0.357 bits per heavy atom. The number of hydrogen-bond acceptors (Lipinski definition) is 6. The SMILES string of the molecule is c1ccc(-c2ccc(-c3nc(-c4cccc(-c5nc(-c6ccc(-c7ccccc7)cc6)c6sc7ccccc7c6n5)c4)nc4c3oc3ccccc34)cc2)cc1. The number of hydrogen-bond donors (Lipinski definition) is 0. The van der Waals surface area contributed by atoms with Gasteiger partial charge in [-0.1, -0.05) is 158 Å². The third-order valence-electron chi connectivity index (χ3n) is 10.3. The summed E-state index contributed by atoms with van der Waals surface area (Å²) in [6.07, 6.45) is 0. The van der Waals surface area contributed by atoms with Gasteiger partial charge in [0.2, 0.25) is 0 Å². The standard InChI is InChI=1S/C50H30N4OS/c1-3-12-31(13-4-1)33-22-26-35(27-23-33)43-47-45(39-18-7-9-20-41(39)55-47)53-49(51-43)37-16-11-17-38(30-37)50-52-44(48-46(54-50)40-19-8-10-21-42(40)56-48)36-28-24-34(25-29-36)32-14-5-2-6-15-32/h1-30H. The number of aromatic nitrogens is 4. The zero-order valence-corrected chi connectivity index (χ0v) is 30.7. The lowest BCUT2D eigenvalue weighted by atomic mass is 10.0. The van der Waals surface area contributed by atoms with Crippen molar-refractivity contribution in [1.29, 1.82) is 0 Å². The third kappa shape index (κ3) is 5.54. The number of benzene rings is 7. The van der Waals surface area contributed by atoms with Crippen LogP contribution < -0.4 is 0 Å². The fraction of sp³-hybridized carbons (Fsp3) is 0. The van der Waals surface area contributed by atoms with Gasteiger partial charge < -0.3 is 4.42 Å². The maximum atomic E-state index is 6.45. The molecule has 0 aliphatic carbocycles. The molecule has 0 spiro atoms. The van der Waals surface area contributed by atoms with E-state index in [-0.39, 0.29) is 0 Å². The average molecular weight is 735 g/mol. The van der Waals surface area contributed by atoms with E-state index in [1.54, 1.807) is 11.3 Å². The second-order valence-electron chi connectivity index (χ2n) is 13.8. The first-order valence-electron chi connectivity index (χ1n) is 18.5. The molecule has 6 heteroatoms. The Balaban J connectivity index is 1.06. The van der Waals surface area contributed by atoms with Gasteiger partial charge in [0.1, 0.15) is 16.8 Å². The van der Waals surface area contributed by atoms with Crippen molar-refractivity contribution < 1.29 is 4.42 Å². The van der Waals surface area contributed by atoms with Gasteiger partial charge in [0.15, 0.2) is 17.2 Å². The topological polar surface area (TPSA) is 64.7 Å². The number of fused-ring (bicyclic) bond motifs is 6. The van der Waals surface area contributed by atoms with Crippen molar-refractivity contribution in [2.45, 2.75) is 0 Å². The molecule has 11 rings (SSSR count). The molecule has 0 radical (unpaired) electrons. The summed E-state index contributed by atoms with van der Waals surface area (Å²) in [5.74, 6) is 1.25. The van der Waals surface area contributed by atoms with Gasteiger partial charge in [-0.05, 0) is 46.5 Å². The van der Waals surface area contributed by atoms with Gasteiger partial charge in [0.05, 0.1) is 15.9 Å². The van der Waals surface area contributed by atoms with Crippen LogP contribution in [0.4, 0.5) is 0 Å². The molecule has 0 saturated heterocycles. The van der Waals surface area contributed by atoms with E-state index >= 15 is 0 Å². The van der Waals surface area contributed by atoms with Crippen LogP contribution in [0.5, 0.6) is 0 Å². The van der Waals surface area contributed by atoms with Crippen molar-refractivity contribution in [3.8, 4) is 67.5 Å². The third-order valence-corrected chi connectivity index (χ3v) is 11.5. The van der Waals surface area contributed by atoms with E-state index < -0.39 is 0 Å². The first kappa shape index (κ1) is 32.2. The van der Waals surface area contributed by atoms with Crippen LogP contribution in [-0.4, -0.2) is 19.9 Å². The fourth-order valence-corrected chi connectivity index (χ4v) is 8.68. The number of para-hydroxylation sites is 1. The van der Waals surface area contributed by atoms with Crippen molar-refractivity contribution in [3.05, 3.63) is 182 Å². The molecule has 4 aromatic heterocycles. The Morgan fingerprint density at radius 3 is 1.50 bits per heavy atom. The van der Waals surface area contributed by atoms with Gasteiger partial charge in [-0.3, -0.25) is 0 Å². The fourth-order valence-electron chi connectivity index (χ4n) is 7.53. The molecule has 0 aliphatic heterocycles. The monoisotopic (exact) mass is 734 g/mol. The minimum absolute atomic E-state index is 0.604. The van der Waals surface area contributed by atoms with Crippen LogP contribution in [0.3, 0.4) is 0 Å². The van der Waals surface area contributed by atoms with E-state index in [1.165, 1.54) is 10.3 Å². The van der Waals surface area contributed by atoms with Crippen LogP contribution in [0.1, 0.15) is 0 Å².